The molecule has 1 aliphatic rings. The van der Waals surface area contributed by atoms with Crippen molar-refractivity contribution in [2.75, 3.05) is 6.54 Å². The van der Waals surface area contributed by atoms with Crippen LogP contribution in [0.4, 0.5) is 5.69 Å². The maximum absolute atomic E-state index is 12.2. The fourth-order valence-electron chi connectivity index (χ4n) is 2.24. The molecule has 0 aliphatic carbocycles. The molecule has 1 saturated heterocycles. The molecule has 106 valence electrons. The van der Waals surface area contributed by atoms with Crippen LogP contribution in [0, 0.1) is 10.1 Å². The zero-order chi connectivity index (χ0) is 14.9. The van der Waals surface area contributed by atoms with Gasteiger partial charge in [0.2, 0.25) is 0 Å². The van der Waals surface area contributed by atoms with Crippen molar-refractivity contribution in [3.63, 3.8) is 0 Å². The summed E-state index contributed by atoms with van der Waals surface area (Å²) in [6, 6.07) is 2.32. The highest BCUT2D eigenvalue weighted by Crippen LogP contribution is 2.28. The molecule has 1 aromatic carbocycles. The highest BCUT2D eigenvalue weighted by molar-refractivity contribution is 5.97. The summed E-state index contributed by atoms with van der Waals surface area (Å²) in [6.07, 6.45) is 0.960. The highest BCUT2D eigenvalue weighted by Gasteiger charge is 2.34. The predicted octanol–water partition coefficient (Wildman–Crippen LogP) is 0.990. The molecule has 1 aromatic rings. The minimum absolute atomic E-state index is 0.0289. The number of aromatic hydroxyl groups is 1. The van der Waals surface area contributed by atoms with Crippen LogP contribution in [0.2, 0.25) is 0 Å². The molecule has 20 heavy (non-hydrogen) atoms. The van der Waals surface area contributed by atoms with Crippen molar-refractivity contribution < 1.29 is 24.7 Å². The molecular weight excluding hydrogens is 268 g/mol. The van der Waals surface area contributed by atoms with Crippen LogP contribution in [0.5, 0.6) is 5.75 Å². The minimum atomic E-state index is -1.08. The first kappa shape index (κ1) is 13.8. The molecule has 0 radical (unpaired) electrons. The summed E-state index contributed by atoms with van der Waals surface area (Å²) < 4.78 is 0. The number of carbonyl (C=O) groups excluding carboxylic acids is 1. The number of hydrogen-bond acceptors (Lipinski definition) is 5. The Bertz CT molecular complexity index is 585. The van der Waals surface area contributed by atoms with E-state index in [0.717, 1.165) is 12.1 Å². The normalized spacial score (nSPS) is 18.0. The van der Waals surface area contributed by atoms with Gasteiger partial charge in [-0.15, -0.1) is 0 Å². The van der Waals surface area contributed by atoms with E-state index in [-0.39, 0.29) is 5.56 Å². The summed E-state index contributed by atoms with van der Waals surface area (Å²) in [5, 5.41) is 29.1. The molecule has 8 heteroatoms. The van der Waals surface area contributed by atoms with Crippen LogP contribution >= 0.6 is 0 Å². The molecule has 0 saturated carbocycles. The molecule has 2 rings (SSSR count). The maximum atomic E-state index is 12.2. The first-order chi connectivity index (χ1) is 9.41. The lowest BCUT2D eigenvalue weighted by Gasteiger charge is -2.21. The third-order valence-electron chi connectivity index (χ3n) is 3.22. The van der Waals surface area contributed by atoms with E-state index >= 15 is 0 Å². The molecule has 1 fully saturated rings. The molecule has 2 N–H and O–H groups in total. The molecule has 1 aliphatic heterocycles. The van der Waals surface area contributed by atoms with E-state index in [0.29, 0.717) is 19.4 Å². The van der Waals surface area contributed by atoms with Crippen molar-refractivity contribution in [3.8, 4) is 5.75 Å². The molecular formula is C12H12N2O6. The van der Waals surface area contributed by atoms with Gasteiger partial charge in [0.1, 0.15) is 6.04 Å². The summed E-state index contributed by atoms with van der Waals surface area (Å²) in [5.41, 5.74) is -0.473. The van der Waals surface area contributed by atoms with E-state index in [4.69, 9.17) is 5.11 Å². The minimum Gasteiger partial charge on any atom is -0.502 e. The Hall–Kier alpha value is -2.64. The van der Waals surface area contributed by atoms with Crippen molar-refractivity contribution in [3.05, 3.63) is 33.9 Å². The third-order valence-corrected chi connectivity index (χ3v) is 3.22. The van der Waals surface area contributed by atoms with E-state index in [2.05, 4.69) is 0 Å². The number of aliphatic carboxylic acids is 1. The zero-order valence-corrected chi connectivity index (χ0v) is 10.4. The lowest BCUT2D eigenvalue weighted by Crippen LogP contribution is -2.40. The van der Waals surface area contributed by atoms with E-state index in [1.807, 2.05) is 0 Å². The van der Waals surface area contributed by atoms with Gasteiger partial charge in [0.25, 0.3) is 5.91 Å². The van der Waals surface area contributed by atoms with Gasteiger partial charge < -0.3 is 15.1 Å². The van der Waals surface area contributed by atoms with Gasteiger partial charge in [0.05, 0.1) is 4.92 Å². The number of phenolic OH excluding ortho intramolecular Hbond substituents is 1. The largest absolute Gasteiger partial charge is 0.502 e. The van der Waals surface area contributed by atoms with Crippen LogP contribution in [0.15, 0.2) is 18.2 Å². The Morgan fingerprint density at radius 2 is 2.10 bits per heavy atom. The summed E-state index contributed by atoms with van der Waals surface area (Å²) in [6.45, 7) is 0.313. The number of benzene rings is 1. The van der Waals surface area contributed by atoms with Gasteiger partial charge in [-0.1, -0.05) is 0 Å². The van der Waals surface area contributed by atoms with E-state index in [1.165, 1.54) is 11.0 Å². The smallest absolute Gasteiger partial charge is 0.326 e. The number of nitro benzene ring substituents is 1. The van der Waals surface area contributed by atoms with Gasteiger partial charge in [-0.05, 0) is 25.0 Å². The second-order valence-electron chi connectivity index (χ2n) is 4.46. The van der Waals surface area contributed by atoms with Crippen molar-refractivity contribution in [2.24, 2.45) is 0 Å². The Morgan fingerprint density at radius 1 is 1.40 bits per heavy atom. The average molecular weight is 280 g/mol. The van der Waals surface area contributed by atoms with Gasteiger partial charge in [-0.25, -0.2) is 4.79 Å². The number of carboxylic acids is 1. The fourth-order valence-corrected chi connectivity index (χ4v) is 2.24. The van der Waals surface area contributed by atoms with E-state index in [9.17, 15) is 24.8 Å². The summed E-state index contributed by atoms with van der Waals surface area (Å²) in [4.78, 5) is 34.2. The lowest BCUT2D eigenvalue weighted by atomic mass is 10.1. The monoisotopic (exact) mass is 280 g/mol. The van der Waals surface area contributed by atoms with Crippen LogP contribution < -0.4 is 0 Å². The topological polar surface area (TPSA) is 121 Å². The first-order valence-electron chi connectivity index (χ1n) is 5.93. The van der Waals surface area contributed by atoms with Crippen LogP contribution in [0.25, 0.3) is 0 Å². The number of nitrogens with zero attached hydrogens (tertiary/aromatic N) is 2. The van der Waals surface area contributed by atoms with Crippen molar-refractivity contribution in [2.45, 2.75) is 18.9 Å². The second-order valence-corrected chi connectivity index (χ2v) is 4.46. The number of likely N-dealkylation sites (tertiary alicyclic amines) is 1. The molecule has 0 bridgehead atoms. The Labute approximate surface area is 113 Å². The number of rotatable bonds is 3. The number of hydrogen-bond donors (Lipinski definition) is 2. The summed E-state index contributed by atoms with van der Waals surface area (Å²) >= 11 is 0. The quantitative estimate of drug-likeness (QED) is 0.629. The molecule has 0 spiro atoms. The van der Waals surface area contributed by atoms with Crippen LogP contribution in [0.1, 0.15) is 23.2 Å². The van der Waals surface area contributed by atoms with Gasteiger partial charge in [-0.3, -0.25) is 14.9 Å². The molecule has 0 aromatic heterocycles. The van der Waals surface area contributed by atoms with E-state index in [1.54, 1.807) is 0 Å². The maximum Gasteiger partial charge on any atom is 0.326 e. The zero-order valence-electron chi connectivity index (χ0n) is 10.4. The predicted molar refractivity (Wildman–Crippen MR) is 66.5 cm³/mol. The number of carbonyl (C=O) groups is 2. The van der Waals surface area contributed by atoms with Crippen LogP contribution in [-0.4, -0.2) is 44.5 Å². The van der Waals surface area contributed by atoms with Crippen LogP contribution in [-0.2, 0) is 4.79 Å². The summed E-state index contributed by atoms with van der Waals surface area (Å²) in [7, 11) is 0. The lowest BCUT2D eigenvalue weighted by molar-refractivity contribution is -0.385. The van der Waals surface area contributed by atoms with Gasteiger partial charge >= 0.3 is 11.7 Å². The molecule has 1 heterocycles. The average Bonchev–Trinajstić information content (AvgIpc) is 2.86. The molecule has 8 nitrogen and oxygen atoms in total. The highest BCUT2D eigenvalue weighted by atomic mass is 16.6. The standard InChI is InChI=1S/C12H12N2O6/c15-10-6-7(3-4-8(10)14(19)20)11(16)13-5-1-2-9(13)12(17)18/h3-4,6,9,15H,1-2,5H2,(H,17,18)/t9-/m1/s1. The molecule has 1 atom stereocenters. The van der Waals surface area contributed by atoms with Crippen molar-refractivity contribution in [1.29, 1.82) is 0 Å². The van der Waals surface area contributed by atoms with Gasteiger partial charge in [-0.2, -0.15) is 0 Å². The SMILES string of the molecule is O=C(O)[C@H]1CCCN1C(=O)c1ccc([N+](=O)[O-])c(O)c1. The number of carboxylic acid groups (broad SMARTS) is 1. The van der Waals surface area contributed by atoms with Crippen molar-refractivity contribution in [1.82, 2.24) is 4.90 Å². The number of phenols is 1. The third kappa shape index (κ3) is 2.40. The Balaban J connectivity index is 2.27. The Kier molecular flexibility index (Phi) is 3.55. The van der Waals surface area contributed by atoms with Gasteiger partial charge in [0, 0.05) is 18.2 Å². The Morgan fingerprint density at radius 3 is 2.65 bits per heavy atom. The summed E-state index contributed by atoms with van der Waals surface area (Å²) in [5.74, 6) is -2.26. The first-order valence-corrected chi connectivity index (χ1v) is 5.93. The fraction of sp³-hybridized carbons (Fsp3) is 0.333. The number of nitro groups is 1. The van der Waals surface area contributed by atoms with Gasteiger partial charge in [0.15, 0.2) is 5.75 Å². The molecule has 1 amide bonds. The van der Waals surface area contributed by atoms with E-state index < -0.39 is 34.3 Å². The molecule has 0 unspecified atom stereocenters. The van der Waals surface area contributed by atoms with Crippen LogP contribution in [0.3, 0.4) is 0 Å². The van der Waals surface area contributed by atoms with Crippen molar-refractivity contribution >= 4 is 17.6 Å². The number of amides is 1. The second kappa shape index (κ2) is 5.16.